The molecule has 0 saturated heterocycles. The van der Waals surface area contributed by atoms with Crippen LogP contribution in [-0.2, 0) is 11.2 Å². The lowest BCUT2D eigenvalue weighted by Crippen LogP contribution is -2.33. The highest BCUT2D eigenvalue weighted by atomic mass is 16.2. The third-order valence-corrected chi connectivity index (χ3v) is 3.10. The van der Waals surface area contributed by atoms with Crippen LogP contribution in [0, 0.1) is 0 Å². The minimum absolute atomic E-state index is 0.148. The average Bonchev–Trinajstić information content (AvgIpc) is 2.42. The largest absolute Gasteiger partial charge is 0.376 e. The number of rotatable bonds is 7. The van der Waals surface area contributed by atoms with Gasteiger partial charge in [-0.05, 0) is 24.5 Å². The lowest BCUT2D eigenvalue weighted by molar-refractivity contribution is -0.128. The molecule has 1 N–H and O–H groups in total. The first-order valence-corrected chi connectivity index (χ1v) is 6.74. The van der Waals surface area contributed by atoms with Gasteiger partial charge in [-0.1, -0.05) is 38.5 Å². The maximum atomic E-state index is 11.9. The number of benzene rings is 1. The van der Waals surface area contributed by atoms with Gasteiger partial charge < -0.3 is 10.2 Å². The van der Waals surface area contributed by atoms with Crippen LogP contribution < -0.4 is 5.32 Å². The van der Waals surface area contributed by atoms with Crippen LogP contribution in [0.1, 0.15) is 32.3 Å². The first-order chi connectivity index (χ1) is 8.69. The molecule has 1 amide bonds. The van der Waals surface area contributed by atoms with Crippen molar-refractivity contribution in [3.63, 3.8) is 0 Å². The molecule has 100 valence electrons. The smallest absolute Gasteiger partial charge is 0.241 e. The second-order valence-corrected chi connectivity index (χ2v) is 4.53. The minimum Gasteiger partial charge on any atom is -0.376 e. The number of likely N-dealkylation sites (N-methyl/N-ethyl adjacent to an activating group) is 1. The molecule has 0 unspecified atom stereocenters. The van der Waals surface area contributed by atoms with Crippen LogP contribution in [-0.4, -0.2) is 30.9 Å². The summed E-state index contributed by atoms with van der Waals surface area (Å²) >= 11 is 0. The predicted molar refractivity (Wildman–Crippen MR) is 76.9 cm³/mol. The Bertz CT molecular complexity index is 377. The second kappa shape index (κ2) is 7.75. The molecule has 1 rings (SSSR count). The summed E-state index contributed by atoms with van der Waals surface area (Å²) in [5.41, 5.74) is 2.32. The molecule has 0 saturated carbocycles. The first kappa shape index (κ1) is 14.6. The normalized spacial score (nSPS) is 10.2. The Balaban J connectivity index is 2.46. The highest BCUT2D eigenvalue weighted by molar-refractivity contribution is 5.80. The number of carbonyl (C=O) groups is 1. The second-order valence-electron chi connectivity index (χ2n) is 4.53. The van der Waals surface area contributed by atoms with Crippen molar-refractivity contribution in [3.8, 4) is 0 Å². The Hall–Kier alpha value is -1.51. The minimum atomic E-state index is 0.148. The van der Waals surface area contributed by atoms with E-state index < -0.39 is 0 Å². The molecule has 3 nitrogen and oxygen atoms in total. The number of hydrogen-bond donors (Lipinski definition) is 1. The monoisotopic (exact) mass is 248 g/mol. The molecule has 1 aromatic carbocycles. The summed E-state index contributed by atoms with van der Waals surface area (Å²) in [7, 11) is 1.87. The molecule has 0 fully saturated rings. The average molecular weight is 248 g/mol. The van der Waals surface area contributed by atoms with Gasteiger partial charge in [0.15, 0.2) is 0 Å². The van der Waals surface area contributed by atoms with Crippen LogP contribution in [0.5, 0.6) is 0 Å². The molecule has 0 bridgehead atoms. The van der Waals surface area contributed by atoms with Gasteiger partial charge in [-0.25, -0.2) is 0 Å². The van der Waals surface area contributed by atoms with Crippen LogP contribution in [0.3, 0.4) is 0 Å². The SMILES string of the molecule is CCCCN(C)C(=O)CNc1ccccc1CC. The topological polar surface area (TPSA) is 32.3 Å². The van der Waals surface area contributed by atoms with Crippen molar-refractivity contribution in [1.29, 1.82) is 0 Å². The van der Waals surface area contributed by atoms with E-state index in [1.54, 1.807) is 4.90 Å². The Labute approximate surface area is 110 Å². The molecule has 0 aromatic heterocycles. The summed E-state index contributed by atoms with van der Waals surface area (Å²) in [6.07, 6.45) is 3.15. The van der Waals surface area contributed by atoms with E-state index in [0.29, 0.717) is 6.54 Å². The van der Waals surface area contributed by atoms with Gasteiger partial charge in [-0.2, -0.15) is 0 Å². The van der Waals surface area contributed by atoms with E-state index in [9.17, 15) is 4.79 Å². The Morgan fingerprint density at radius 2 is 2.00 bits per heavy atom. The van der Waals surface area contributed by atoms with Crippen LogP contribution >= 0.6 is 0 Å². The number of hydrogen-bond acceptors (Lipinski definition) is 2. The van der Waals surface area contributed by atoms with Crippen molar-refractivity contribution in [2.45, 2.75) is 33.1 Å². The summed E-state index contributed by atoms with van der Waals surface area (Å²) in [5, 5.41) is 3.23. The molecule has 0 aliphatic carbocycles. The van der Waals surface area contributed by atoms with Gasteiger partial charge in [0.25, 0.3) is 0 Å². The Morgan fingerprint density at radius 1 is 1.28 bits per heavy atom. The standard InChI is InChI=1S/C15H24N2O/c1-4-6-11-17(3)15(18)12-16-14-10-8-7-9-13(14)5-2/h7-10,16H,4-6,11-12H2,1-3H3. The van der Waals surface area contributed by atoms with E-state index >= 15 is 0 Å². The molecular formula is C15H24N2O. The summed E-state index contributed by atoms with van der Waals surface area (Å²) < 4.78 is 0. The number of amides is 1. The number of anilines is 1. The molecule has 0 radical (unpaired) electrons. The molecule has 0 spiro atoms. The summed E-state index contributed by atoms with van der Waals surface area (Å²) in [6, 6.07) is 8.14. The molecule has 0 aliphatic heterocycles. The lowest BCUT2D eigenvalue weighted by Gasteiger charge is -2.18. The Morgan fingerprint density at radius 3 is 2.67 bits per heavy atom. The fourth-order valence-corrected chi connectivity index (χ4v) is 1.83. The summed E-state index contributed by atoms with van der Waals surface area (Å²) in [5.74, 6) is 0.148. The van der Waals surface area contributed by atoms with E-state index in [2.05, 4.69) is 25.2 Å². The predicted octanol–water partition coefficient (Wildman–Crippen LogP) is 2.92. The van der Waals surface area contributed by atoms with E-state index in [1.807, 2.05) is 25.2 Å². The highest BCUT2D eigenvalue weighted by Crippen LogP contribution is 2.14. The van der Waals surface area contributed by atoms with Crippen molar-refractivity contribution in [2.75, 3.05) is 25.5 Å². The van der Waals surface area contributed by atoms with Crippen molar-refractivity contribution in [3.05, 3.63) is 29.8 Å². The van der Waals surface area contributed by atoms with E-state index in [-0.39, 0.29) is 5.91 Å². The molecule has 3 heteroatoms. The van der Waals surface area contributed by atoms with Crippen molar-refractivity contribution in [2.24, 2.45) is 0 Å². The maximum Gasteiger partial charge on any atom is 0.241 e. The number of nitrogens with one attached hydrogen (secondary N) is 1. The molecule has 0 heterocycles. The number of para-hydroxylation sites is 1. The quantitative estimate of drug-likeness (QED) is 0.804. The number of aryl methyl sites for hydroxylation is 1. The molecular weight excluding hydrogens is 224 g/mol. The van der Waals surface area contributed by atoms with Crippen LogP contribution in [0.2, 0.25) is 0 Å². The van der Waals surface area contributed by atoms with Crippen molar-refractivity contribution < 1.29 is 4.79 Å². The highest BCUT2D eigenvalue weighted by Gasteiger charge is 2.08. The van der Waals surface area contributed by atoms with Crippen molar-refractivity contribution >= 4 is 11.6 Å². The van der Waals surface area contributed by atoms with E-state index in [4.69, 9.17) is 0 Å². The zero-order valence-electron chi connectivity index (χ0n) is 11.7. The molecule has 0 atom stereocenters. The van der Waals surface area contributed by atoms with Crippen LogP contribution in [0.15, 0.2) is 24.3 Å². The number of unbranched alkanes of at least 4 members (excludes halogenated alkanes) is 1. The maximum absolute atomic E-state index is 11.9. The van der Waals surface area contributed by atoms with Crippen molar-refractivity contribution in [1.82, 2.24) is 4.90 Å². The Kier molecular flexibility index (Phi) is 6.26. The molecule has 1 aromatic rings. The fourth-order valence-electron chi connectivity index (χ4n) is 1.83. The van der Waals surface area contributed by atoms with Gasteiger partial charge in [-0.15, -0.1) is 0 Å². The molecule has 18 heavy (non-hydrogen) atoms. The van der Waals surface area contributed by atoms with Gasteiger partial charge in [-0.3, -0.25) is 4.79 Å². The summed E-state index contributed by atoms with van der Waals surface area (Å²) in [4.78, 5) is 13.7. The van der Waals surface area contributed by atoms with Gasteiger partial charge in [0.05, 0.1) is 6.54 Å². The third kappa shape index (κ3) is 4.40. The lowest BCUT2D eigenvalue weighted by atomic mass is 10.1. The number of carbonyl (C=O) groups excluding carboxylic acids is 1. The van der Waals surface area contributed by atoms with Crippen LogP contribution in [0.4, 0.5) is 5.69 Å². The third-order valence-electron chi connectivity index (χ3n) is 3.10. The zero-order valence-corrected chi connectivity index (χ0v) is 11.7. The fraction of sp³-hybridized carbons (Fsp3) is 0.533. The van der Waals surface area contributed by atoms with Gasteiger partial charge >= 0.3 is 0 Å². The zero-order chi connectivity index (χ0) is 13.4. The van der Waals surface area contributed by atoms with Gasteiger partial charge in [0.1, 0.15) is 0 Å². The van der Waals surface area contributed by atoms with E-state index in [1.165, 1.54) is 5.56 Å². The van der Waals surface area contributed by atoms with E-state index in [0.717, 1.165) is 31.5 Å². The van der Waals surface area contributed by atoms with Gasteiger partial charge in [0.2, 0.25) is 5.91 Å². The number of nitrogens with zero attached hydrogens (tertiary/aromatic N) is 1. The first-order valence-electron chi connectivity index (χ1n) is 6.74. The summed E-state index contributed by atoms with van der Waals surface area (Å²) in [6.45, 7) is 5.47. The van der Waals surface area contributed by atoms with Crippen LogP contribution in [0.25, 0.3) is 0 Å². The molecule has 0 aliphatic rings. The van der Waals surface area contributed by atoms with Gasteiger partial charge in [0, 0.05) is 19.3 Å².